The van der Waals surface area contributed by atoms with E-state index < -0.39 is 10.0 Å². The summed E-state index contributed by atoms with van der Waals surface area (Å²) in [5.74, 6) is -0.180. The summed E-state index contributed by atoms with van der Waals surface area (Å²) in [6, 6.07) is 13.5. The molecule has 0 bridgehead atoms. The zero-order valence-electron chi connectivity index (χ0n) is 15.0. The van der Waals surface area contributed by atoms with Crippen molar-refractivity contribution in [2.75, 3.05) is 18.4 Å². The first kappa shape index (κ1) is 19.9. The number of anilines is 1. The Labute approximate surface area is 165 Å². The molecule has 0 unspecified atom stereocenters. The van der Waals surface area contributed by atoms with Gasteiger partial charge in [0.15, 0.2) is 0 Å². The minimum Gasteiger partial charge on any atom is -0.326 e. The summed E-state index contributed by atoms with van der Waals surface area (Å²) >= 11 is 5.93. The van der Waals surface area contributed by atoms with E-state index in [0.717, 1.165) is 31.2 Å². The van der Waals surface area contributed by atoms with Gasteiger partial charge >= 0.3 is 0 Å². The van der Waals surface area contributed by atoms with E-state index in [-0.39, 0.29) is 17.2 Å². The second-order valence-electron chi connectivity index (χ2n) is 6.70. The summed E-state index contributed by atoms with van der Waals surface area (Å²) in [5, 5.41) is 3.37. The first-order valence-corrected chi connectivity index (χ1v) is 10.9. The predicted octanol–water partition coefficient (Wildman–Crippen LogP) is 4.09. The summed E-state index contributed by atoms with van der Waals surface area (Å²) in [4.78, 5) is 12.4. The molecule has 2 aromatic carbocycles. The van der Waals surface area contributed by atoms with Crippen LogP contribution in [0.2, 0.25) is 5.02 Å². The van der Waals surface area contributed by atoms with Crippen molar-refractivity contribution in [2.45, 2.75) is 37.0 Å². The van der Waals surface area contributed by atoms with Gasteiger partial charge in [0.1, 0.15) is 0 Å². The molecular weight excluding hydrogens is 384 g/mol. The Morgan fingerprint density at radius 1 is 1.00 bits per heavy atom. The zero-order valence-corrected chi connectivity index (χ0v) is 16.6. The van der Waals surface area contributed by atoms with E-state index >= 15 is 0 Å². The van der Waals surface area contributed by atoms with Crippen LogP contribution < -0.4 is 5.32 Å². The van der Waals surface area contributed by atoms with Crippen LogP contribution in [0, 0.1) is 0 Å². The minimum atomic E-state index is -3.48. The molecular formula is C20H23ClN2O3S. The molecule has 0 spiro atoms. The molecule has 144 valence electrons. The molecule has 0 atom stereocenters. The highest BCUT2D eigenvalue weighted by molar-refractivity contribution is 7.89. The number of benzene rings is 2. The van der Waals surface area contributed by atoms with Gasteiger partial charge in [-0.25, -0.2) is 8.42 Å². The van der Waals surface area contributed by atoms with Gasteiger partial charge in [0.25, 0.3) is 0 Å². The van der Waals surface area contributed by atoms with Crippen molar-refractivity contribution < 1.29 is 13.2 Å². The molecule has 1 saturated heterocycles. The van der Waals surface area contributed by atoms with Gasteiger partial charge in [0, 0.05) is 23.8 Å². The molecule has 1 aliphatic rings. The van der Waals surface area contributed by atoms with Crippen LogP contribution in [-0.2, 0) is 21.2 Å². The molecule has 1 N–H and O–H groups in total. The maximum absolute atomic E-state index is 12.8. The lowest BCUT2D eigenvalue weighted by atomic mass is 10.1. The lowest BCUT2D eigenvalue weighted by Crippen LogP contribution is -2.31. The van der Waals surface area contributed by atoms with E-state index in [4.69, 9.17) is 11.6 Å². The third-order valence-electron chi connectivity index (χ3n) is 4.59. The van der Waals surface area contributed by atoms with Crippen LogP contribution in [0.4, 0.5) is 5.69 Å². The average Bonchev–Trinajstić information content (AvgIpc) is 2.92. The van der Waals surface area contributed by atoms with Crippen LogP contribution in [-0.4, -0.2) is 31.7 Å². The average molecular weight is 407 g/mol. The Morgan fingerprint density at radius 2 is 1.67 bits per heavy atom. The Balaban J connectivity index is 1.65. The minimum absolute atomic E-state index is 0.180. The lowest BCUT2D eigenvalue weighted by molar-refractivity contribution is -0.115. The normalized spacial score (nSPS) is 15.9. The van der Waals surface area contributed by atoms with Gasteiger partial charge in [-0.1, -0.05) is 36.6 Å². The highest BCUT2D eigenvalue weighted by Gasteiger charge is 2.24. The van der Waals surface area contributed by atoms with Gasteiger partial charge in [0.2, 0.25) is 15.9 Å². The fourth-order valence-corrected chi connectivity index (χ4v) is 4.91. The Kier molecular flexibility index (Phi) is 6.52. The Morgan fingerprint density at radius 3 is 2.30 bits per heavy atom. The summed E-state index contributed by atoms with van der Waals surface area (Å²) in [6.45, 7) is 1.14. The summed E-state index contributed by atoms with van der Waals surface area (Å²) < 4.78 is 27.1. The zero-order chi connectivity index (χ0) is 19.3. The molecule has 0 saturated carbocycles. The number of sulfonamides is 1. The smallest absolute Gasteiger partial charge is 0.243 e. The van der Waals surface area contributed by atoms with E-state index in [1.165, 1.54) is 0 Å². The predicted molar refractivity (Wildman–Crippen MR) is 107 cm³/mol. The Hall–Kier alpha value is -1.89. The van der Waals surface area contributed by atoms with Crippen molar-refractivity contribution in [1.82, 2.24) is 4.31 Å². The number of nitrogens with one attached hydrogen (secondary N) is 1. The number of rotatable bonds is 5. The molecule has 7 heteroatoms. The van der Waals surface area contributed by atoms with E-state index in [2.05, 4.69) is 5.32 Å². The fourth-order valence-electron chi connectivity index (χ4n) is 3.18. The molecule has 0 aromatic heterocycles. The van der Waals surface area contributed by atoms with Crippen molar-refractivity contribution in [3.8, 4) is 0 Å². The van der Waals surface area contributed by atoms with Gasteiger partial charge in [-0.2, -0.15) is 4.31 Å². The van der Waals surface area contributed by atoms with Crippen LogP contribution in [0.25, 0.3) is 0 Å². The van der Waals surface area contributed by atoms with Gasteiger partial charge in [-0.3, -0.25) is 4.79 Å². The summed E-state index contributed by atoms with van der Waals surface area (Å²) in [7, 11) is -3.48. The molecule has 0 aliphatic carbocycles. The highest BCUT2D eigenvalue weighted by Crippen LogP contribution is 2.22. The molecule has 1 heterocycles. The number of amides is 1. The molecule has 2 aromatic rings. The van der Waals surface area contributed by atoms with Gasteiger partial charge < -0.3 is 5.32 Å². The van der Waals surface area contributed by atoms with Crippen molar-refractivity contribution >= 4 is 33.2 Å². The maximum Gasteiger partial charge on any atom is 0.243 e. The van der Waals surface area contributed by atoms with Crippen LogP contribution in [0.5, 0.6) is 0 Å². The largest absolute Gasteiger partial charge is 0.326 e. The Bertz CT molecular complexity index is 890. The quantitative estimate of drug-likeness (QED) is 0.813. The fraction of sp³-hybridized carbons (Fsp3) is 0.350. The van der Waals surface area contributed by atoms with Gasteiger partial charge in [-0.05, 0) is 54.8 Å². The van der Waals surface area contributed by atoms with Gasteiger partial charge in [0.05, 0.1) is 11.3 Å². The number of halogens is 1. The maximum atomic E-state index is 12.8. The monoisotopic (exact) mass is 406 g/mol. The molecule has 1 fully saturated rings. The molecule has 27 heavy (non-hydrogen) atoms. The van der Waals surface area contributed by atoms with E-state index in [9.17, 15) is 13.2 Å². The van der Waals surface area contributed by atoms with Crippen molar-refractivity contribution in [3.05, 3.63) is 59.1 Å². The van der Waals surface area contributed by atoms with E-state index in [1.54, 1.807) is 46.8 Å². The number of nitrogens with zero attached hydrogens (tertiary/aromatic N) is 1. The first-order valence-electron chi connectivity index (χ1n) is 9.10. The van der Waals surface area contributed by atoms with Crippen molar-refractivity contribution in [2.24, 2.45) is 0 Å². The van der Waals surface area contributed by atoms with Crippen LogP contribution in [0.3, 0.4) is 0 Å². The number of carbonyl (C=O) groups is 1. The molecule has 0 radical (unpaired) electrons. The SMILES string of the molecule is O=C(Cc1cccc(Cl)c1)Nc1ccc(S(=O)(=O)N2CCCCCC2)cc1. The number of hydrogen-bond donors (Lipinski definition) is 1. The van der Waals surface area contributed by atoms with Gasteiger partial charge in [-0.15, -0.1) is 0 Å². The highest BCUT2D eigenvalue weighted by atomic mass is 35.5. The molecule has 5 nitrogen and oxygen atoms in total. The third-order valence-corrected chi connectivity index (χ3v) is 6.74. The standard InChI is InChI=1S/C20H23ClN2O3S/c21-17-7-5-6-16(14-17)15-20(24)22-18-8-10-19(11-9-18)27(25,26)23-12-3-1-2-4-13-23/h5-11,14H,1-4,12-13,15H2,(H,22,24). The number of hydrogen-bond acceptors (Lipinski definition) is 3. The number of carbonyl (C=O) groups excluding carboxylic acids is 1. The van der Waals surface area contributed by atoms with Crippen LogP contribution >= 0.6 is 11.6 Å². The topological polar surface area (TPSA) is 66.5 Å². The molecule has 1 aliphatic heterocycles. The van der Waals surface area contributed by atoms with Crippen molar-refractivity contribution in [3.63, 3.8) is 0 Å². The second-order valence-corrected chi connectivity index (χ2v) is 9.07. The van der Waals surface area contributed by atoms with E-state index in [1.807, 2.05) is 6.07 Å². The van der Waals surface area contributed by atoms with Crippen molar-refractivity contribution in [1.29, 1.82) is 0 Å². The first-order chi connectivity index (χ1) is 12.9. The summed E-state index contributed by atoms with van der Waals surface area (Å²) in [6.07, 6.45) is 4.15. The second kappa shape index (κ2) is 8.87. The third kappa shape index (κ3) is 5.31. The van der Waals surface area contributed by atoms with E-state index in [0.29, 0.717) is 23.8 Å². The molecule has 3 rings (SSSR count). The van der Waals surface area contributed by atoms with Crippen LogP contribution in [0.15, 0.2) is 53.4 Å². The lowest BCUT2D eigenvalue weighted by Gasteiger charge is -2.20. The molecule has 1 amide bonds. The summed E-state index contributed by atoms with van der Waals surface area (Å²) in [5.41, 5.74) is 1.39. The van der Waals surface area contributed by atoms with Crippen LogP contribution in [0.1, 0.15) is 31.2 Å².